The van der Waals surface area contributed by atoms with Crippen molar-refractivity contribution in [1.82, 2.24) is 4.90 Å². The normalized spacial score (nSPS) is 31.9. The van der Waals surface area contributed by atoms with E-state index in [9.17, 15) is 4.79 Å². The minimum atomic E-state index is -0.944. The zero-order valence-corrected chi connectivity index (χ0v) is 5.09. The number of hydrogen-bond donors (Lipinski definition) is 0. The second kappa shape index (κ2) is 1.34. The Kier molecular flexibility index (Phi) is 0.795. The number of nitrogens with zero attached hydrogens (tertiary/aromatic N) is 1. The lowest BCUT2D eigenvalue weighted by molar-refractivity contribution is -0.125. The fourth-order valence-electron chi connectivity index (χ4n) is 1.05. The first-order chi connectivity index (χ1) is 4.26. The zero-order chi connectivity index (χ0) is 6.48. The van der Waals surface area contributed by atoms with Crippen molar-refractivity contribution < 1.29 is 14.6 Å². The largest absolute Gasteiger partial charge is 0.349 e. The Bertz CT molecular complexity index is 164. The summed E-state index contributed by atoms with van der Waals surface area (Å²) in [6.45, 7) is 0.735. The molecule has 2 aliphatic rings. The molecule has 2 heterocycles. The number of hydrogen-bond acceptors (Lipinski definition) is 4. The smallest absolute Gasteiger partial charge is 0.292 e. The molecule has 2 fully saturated rings. The maximum Gasteiger partial charge on any atom is 0.349 e. The van der Waals surface area contributed by atoms with Gasteiger partial charge in [0.2, 0.25) is 5.78 Å². The summed E-state index contributed by atoms with van der Waals surface area (Å²) in [5.74, 6) is -0.912. The van der Waals surface area contributed by atoms with Gasteiger partial charge in [-0.2, -0.15) is 9.78 Å². The summed E-state index contributed by atoms with van der Waals surface area (Å²) in [5.41, 5.74) is 0. The number of ketones is 1. The number of rotatable bonds is 0. The molecule has 0 atom stereocenters. The van der Waals surface area contributed by atoms with Gasteiger partial charge in [-0.3, -0.25) is 4.79 Å². The van der Waals surface area contributed by atoms with Gasteiger partial charge in [0.15, 0.2) is 0 Å². The molecular formula is C5H7NO3. The van der Waals surface area contributed by atoms with Crippen LogP contribution in [0.15, 0.2) is 0 Å². The van der Waals surface area contributed by atoms with Crippen LogP contribution >= 0.6 is 0 Å². The fourth-order valence-corrected chi connectivity index (χ4v) is 1.05. The van der Waals surface area contributed by atoms with Crippen LogP contribution in [0, 0.1) is 0 Å². The van der Waals surface area contributed by atoms with Crippen molar-refractivity contribution >= 4 is 5.78 Å². The molecule has 2 rings (SSSR count). The summed E-state index contributed by atoms with van der Waals surface area (Å²) in [6, 6.07) is 0. The van der Waals surface area contributed by atoms with E-state index in [2.05, 4.69) is 9.78 Å². The van der Waals surface area contributed by atoms with Crippen LogP contribution in [0.5, 0.6) is 0 Å². The second-order valence-electron chi connectivity index (χ2n) is 2.34. The van der Waals surface area contributed by atoms with Crippen molar-refractivity contribution in [2.24, 2.45) is 0 Å². The van der Waals surface area contributed by atoms with Gasteiger partial charge in [0.25, 0.3) is 0 Å². The number of carbonyl (C=O) groups is 1. The molecular weight excluding hydrogens is 122 g/mol. The van der Waals surface area contributed by atoms with Crippen molar-refractivity contribution in [3.8, 4) is 0 Å². The molecule has 0 bridgehead atoms. The summed E-state index contributed by atoms with van der Waals surface area (Å²) in [6.07, 6.45) is 0.538. The molecule has 0 aliphatic carbocycles. The van der Waals surface area contributed by atoms with Gasteiger partial charge in [0, 0.05) is 13.0 Å². The molecule has 1 spiro atoms. The standard InChI is InChI=1S/C5H7NO3/c1-6-3-2-4(7)5(6)8-9-5/h2-3H2,1H3. The van der Waals surface area contributed by atoms with Crippen LogP contribution in [0.1, 0.15) is 6.42 Å². The molecule has 4 nitrogen and oxygen atoms in total. The highest BCUT2D eigenvalue weighted by Gasteiger charge is 2.63. The highest BCUT2D eigenvalue weighted by atomic mass is 17.4. The Morgan fingerprint density at radius 3 is 2.56 bits per heavy atom. The molecule has 0 aromatic rings. The molecule has 0 N–H and O–H groups in total. The molecule has 0 amide bonds. The molecule has 0 unspecified atom stereocenters. The molecule has 0 saturated carbocycles. The van der Waals surface area contributed by atoms with Crippen LogP contribution in [0.25, 0.3) is 0 Å². The van der Waals surface area contributed by atoms with E-state index in [0.29, 0.717) is 6.42 Å². The van der Waals surface area contributed by atoms with Crippen molar-refractivity contribution in [3.63, 3.8) is 0 Å². The van der Waals surface area contributed by atoms with E-state index in [-0.39, 0.29) is 5.78 Å². The van der Waals surface area contributed by atoms with Crippen molar-refractivity contribution in [2.45, 2.75) is 12.3 Å². The van der Waals surface area contributed by atoms with Gasteiger partial charge in [-0.05, 0) is 7.05 Å². The van der Waals surface area contributed by atoms with Gasteiger partial charge in [-0.15, -0.1) is 0 Å². The minimum Gasteiger partial charge on any atom is -0.292 e. The van der Waals surface area contributed by atoms with Crippen LogP contribution < -0.4 is 0 Å². The minimum absolute atomic E-state index is 0.0324. The van der Waals surface area contributed by atoms with Gasteiger partial charge in [-0.25, -0.2) is 4.90 Å². The predicted octanol–water partition coefficient (Wildman–Crippen LogP) is -0.493. The predicted molar refractivity (Wildman–Crippen MR) is 27.2 cm³/mol. The maximum atomic E-state index is 10.9. The lowest BCUT2D eigenvalue weighted by Gasteiger charge is -2.05. The summed E-state index contributed by atoms with van der Waals surface area (Å²) in [4.78, 5) is 21.8. The van der Waals surface area contributed by atoms with Gasteiger partial charge in [-0.1, -0.05) is 0 Å². The second-order valence-corrected chi connectivity index (χ2v) is 2.34. The zero-order valence-electron chi connectivity index (χ0n) is 5.09. The monoisotopic (exact) mass is 129 g/mol. The number of likely N-dealkylation sites (tertiary alicyclic amines) is 1. The van der Waals surface area contributed by atoms with E-state index in [0.717, 1.165) is 6.54 Å². The lowest BCUT2D eigenvalue weighted by Crippen LogP contribution is -2.32. The Balaban J connectivity index is 2.26. The van der Waals surface area contributed by atoms with Crippen molar-refractivity contribution in [2.75, 3.05) is 13.6 Å². The lowest BCUT2D eigenvalue weighted by atomic mass is 10.3. The van der Waals surface area contributed by atoms with Gasteiger partial charge in [0.1, 0.15) is 0 Å². The van der Waals surface area contributed by atoms with Crippen LogP contribution in [0.2, 0.25) is 0 Å². The van der Waals surface area contributed by atoms with Crippen LogP contribution in [-0.4, -0.2) is 30.2 Å². The third kappa shape index (κ3) is 0.501. The average molecular weight is 129 g/mol. The van der Waals surface area contributed by atoms with Crippen LogP contribution in [-0.2, 0) is 14.6 Å². The van der Waals surface area contributed by atoms with E-state index in [1.807, 2.05) is 0 Å². The van der Waals surface area contributed by atoms with Crippen LogP contribution in [0.4, 0.5) is 0 Å². The Hall–Kier alpha value is -0.450. The summed E-state index contributed by atoms with van der Waals surface area (Å²) < 4.78 is 0. The quantitative estimate of drug-likeness (QED) is 0.327. The Labute approximate surface area is 52.3 Å². The van der Waals surface area contributed by atoms with E-state index >= 15 is 0 Å². The SMILES string of the molecule is CN1CCC(=O)C12OO2. The van der Waals surface area contributed by atoms with E-state index in [1.54, 1.807) is 11.9 Å². The summed E-state index contributed by atoms with van der Waals surface area (Å²) in [5, 5.41) is 0. The van der Waals surface area contributed by atoms with Crippen LogP contribution in [0.3, 0.4) is 0 Å². The topological polar surface area (TPSA) is 45.4 Å². The number of Topliss-reactive ketones (excluding diaryl/α,β-unsaturated/α-hetero) is 1. The molecule has 0 aromatic heterocycles. The number of carbonyl (C=O) groups excluding carboxylic acids is 1. The van der Waals surface area contributed by atoms with Crippen molar-refractivity contribution in [3.05, 3.63) is 0 Å². The first kappa shape index (κ1) is 5.34. The molecule has 9 heavy (non-hydrogen) atoms. The molecule has 2 aliphatic heterocycles. The number of likely N-dealkylation sites (N-methyl/N-ethyl adjacent to an activating group) is 1. The molecule has 4 heteroatoms. The Morgan fingerprint density at radius 1 is 1.67 bits per heavy atom. The molecule has 2 saturated heterocycles. The first-order valence-corrected chi connectivity index (χ1v) is 2.87. The van der Waals surface area contributed by atoms with E-state index < -0.39 is 5.91 Å². The summed E-state index contributed by atoms with van der Waals surface area (Å²) in [7, 11) is 1.80. The average Bonchev–Trinajstić information content (AvgIpc) is 2.56. The highest BCUT2D eigenvalue weighted by Crippen LogP contribution is 2.38. The van der Waals surface area contributed by atoms with Gasteiger partial charge in [0.05, 0.1) is 0 Å². The summed E-state index contributed by atoms with van der Waals surface area (Å²) >= 11 is 0. The maximum absolute atomic E-state index is 10.9. The van der Waals surface area contributed by atoms with Crippen molar-refractivity contribution in [1.29, 1.82) is 0 Å². The van der Waals surface area contributed by atoms with E-state index in [1.165, 1.54) is 0 Å². The third-order valence-corrected chi connectivity index (χ3v) is 1.77. The molecule has 50 valence electrons. The van der Waals surface area contributed by atoms with Gasteiger partial charge < -0.3 is 0 Å². The van der Waals surface area contributed by atoms with Gasteiger partial charge >= 0.3 is 5.91 Å². The highest BCUT2D eigenvalue weighted by molar-refractivity contribution is 5.88. The molecule has 0 aromatic carbocycles. The first-order valence-electron chi connectivity index (χ1n) is 2.87. The Morgan fingerprint density at radius 2 is 2.33 bits per heavy atom. The fraction of sp³-hybridized carbons (Fsp3) is 0.800. The van der Waals surface area contributed by atoms with E-state index in [4.69, 9.17) is 0 Å². The third-order valence-electron chi connectivity index (χ3n) is 1.77. The molecule has 0 radical (unpaired) electrons.